The second-order valence-electron chi connectivity index (χ2n) is 5.87. The minimum absolute atomic E-state index is 0.806. The molecule has 3 aliphatic rings. The molecule has 1 heterocycles. The summed E-state index contributed by atoms with van der Waals surface area (Å²) in [4.78, 5) is 5.48. The van der Waals surface area contributed by atoms with Crippen molar-refractivity contribution in [3.63, 3.8) is 0 Å². The Labute approximate surface area is 93.6 Å². The second kappa shape index (κ2) is 4.06. The van der Waals surface area contributed by atoms with Crippen molar-refractivity contribution < 1.29 is 0 Å². The average Bonchev–Trinajstić information content (AvgIpc) is 2.90. The number of rotatable bonds is 3. The summed E-state index contributed by atoms with van der Waals surface area (Å²) >= 11 is 0. The van der Waals surface area contributed by atoms with Crippen LogP contribution >= 0.6 is 0 Å². The SMILES string of the molecule is CC1CN(C2CCC2)CCN1CC1CC1. The Morgan fingerprint density at radius 2 is 1.87 bits per heavy atom. The molecular weight excluding hydrogens is 184 g/mol. The molecule has 1 saturated heterocycles. The summed E-state index contributed by atoms with van der Waals surface area (Å²) in [6.07, 6.45) is 7.40. The van der Waals surface area contributed by atoms with Gasteiger partial charge in [-0.2, -0.15) is 0 Å². The molecule has 2 saturated carbocycles. The number of nitrogens with zero attached hydrogens (tertiary/aromatic N) is 2. The lowest BCUT2D eigenvalue weighted by Gasteiger charge is -2.46. The number of hydrogen-bond acceptors (Lipinski definition) is 2. The Kier molecular flexibility index (Phi) is 2.73. The third-order valence-corrected chi connectivity index (χ3v) is 4.58. The van der Waals surface area contributed by atoms with E-state index in [0.29, 0.717) is 0 Å². The standard InChI is InChI=1S/C13H24N2/c1-11-9-15(13-3-2-4-13)8-7-14(11)10-12-5-6-12/h11-13H,2-10H2,1H3. The molecule has 3 rings (SSSR count). The van der Waals surface area contributed by atoms with Gasteiger partial charge in [0.15, 0.2) is 0 Å². The van der Waals surface area contributed by atoms with E-state index in [4.69, 9.17) is 0 Å². The molecule has 2 heteroatoms. The zero-order chi connectivity index (χ0) is 10.3. The van der Waals surface area contributed by atoms with Gasteiger partial charge in [-0.05, 0) is 38.5 Å². The molecule has 0 spiro atoms. The van der Waals surface area contributed by atoms with Gasteiger partial charge in [0.05, 0.1) is 0 Å². The fourth-order valence-corrected chi connectivity index (χ4v) is 3.01. The highest BCUT2D eigenvalue weighted by atomic mass is 15.3. The van der Waals surface area contributed by atoms with Crippen molar-refractivity contribution in [3.05, 3.63) is 0 Å². The van der Waals surface area contributed by atoms with Crippen LogP contribution in [0.15, 0.2) is 0 Å². The van der Waals surface area contributed by atoms with Gasteiger partial charge in [0.1, 0.15) is 0 Å². The zero-order valence-electron chi connectivity index (χ0n) is 9.99. The molecule has 0 amide bonds. The highest BCUT2D eigenvalue weighted by Crippen LogP contribution is 2.32. The van der Waals surface area contributed by atoms with Gasteiger partial charge >= 0.3 is 0 Å². The van der Waals surface area contributed by atoms with Crippen LogP contribution in [0.4, 0.5) is 0 Å². The fraction of sp³-hybridized carbons (Fsp3) is 1.00. The second-order valence-corrected chi connectivity index (χ2v) is 5.87. The Hall–Kier alpha value is -0.0800. The maximum atomic E-state index is 2.75. The summed E-state index contributed by atoms with van der Waals surface area (Å²) < 4.78 is 0. The largest absolute Gasteiger partial charge is 0.298 e. The van der Waals surface area contributed by atoms with Gasteiger partial charge < -0.3 is 0 Å². The minimum Gasteiger partial charge on any atom is -0.298 e. The monoisotopic (exact) mass is 208 g/mol. The molecule has 86 valence electrons. The van der Waals surface area contributed by atoms with Crippen molar-refractivity contribution in [2.75, 3.05) is 26.2 Å². The Balaban J connectivity index is 1.49. The van der Waals surface area contributed by atoms with Crippen LogP contribution in [0.2, 0.25) is 0 Å². The summed E-state index contributed by atoms with van der Waals surface area (Å²) in [5.74, 6) is 1.06. The van der Waals surface area contributed by atoms with Crippen LogP contribution in [0.25, 0.3) is 0 Å². The first kappa shape index (κ1) is 10.1. The van der Waals surface area contributed by atoms with Crippen molar-refractivity contribution in [3.8, 4) is 0 Å². The van der Waals surface area contributed by atoms with Crippen molar-refractivity contribution in [1.29, 1.82) is 0 Å². The Morgan fingerprint density at radius 3 is 2.40 bits per heavy atom. The molecule has 2 nitrogen and oxygen atoms in total. The first-order valence-electron chi connectivity index (χ1n) is 6.81. The molecule has 0 bridgehead atoms. The lowest BCUT2D eigenvalue weighted by molar-refractivity contribution is 0.0278. The maximum absolute atomic E-state index is 2.75. The lowest BCUT2D eigenvalue weighted by Crippen LogP contribution is -2.56. The van der Waals surface area contributed by atoms with Crippen LogP contribution < -0.4 is 0 Å². The summed E-state index contributed by atoms with van der Waals surface area (Å²) in [5, 5.41) is 0. The molecule has 2 aliphatic carbocycles. The number of piperazine rings is 1. The molecule has 0 radical (unpaired) electrons. The molecule has 3 fully saturated rings. The predicted molar refractivity (Wildman–Crippen MR) is 63.0 cm³/mol. The van der Waals surface area contributed by atoms with E-state index in [9.17, 15) is 0 Å². The van der Waals surface area contributed by atoms with Gasteiger partial charge in [0.25, 0.3) is 0 Å². The van der Waals surface area contributed by atoms with Crippen molar-refractivity contribution in [2.45, 2.75) is 51.1 Å². The highest BCUT2D eigenvalue weighted by Gasteiger charge is 2.33. The molecule has 15 heavy (non-hydrogen) atoms. The third-order valence-electron chi connectivity index (χ3n) is 4.58. The minimum atomic E-state index is 0.806. The molecule has 1 aliphatic heterocycles. The van der Waals surface area contributed by atoms with Gasteiger partial charge in [-0.25, -0.2) is 0 Å². The van der Waals surface area contributed by atoms with Gasteiger partial charge in [0.2, 0.25) is 0 Å². The van der Waals surface area contributed by atoms with Crippen LogP contribution in [0.3, 0.4) is 0 Å². The molecule has 0 aromatic rings. The van der Waals surface area contributed by atoms with Gasteiger partial charge in [-0.3, -0.25) is 9.80 Å². The number of hydrogen-bond donors (Lipinski definition) is 0. The molecule has 0 aromatic carbocycles. The quantitative estimate of drug-likeness (QED) is 0.699. The molecule has 1 atom stereocenters. The molecular formula is C13H24N2. The topological polar surface area (TPSA) is 6.48 Å². The van der Waals surface area contributed by atoms with Gasteiger partial charge in [-0.15, -0.1) is 0 Å². The predicted octanol–water partition coefficient (Wildman–Crippen LogP) is 1.95. The highest BCUT2D eigenvalue weighted by molar-refractivity contribution is 4.89. The van der Waals surface area contributed by atoms with E-state index in [-0.39, 0.29) is 0 Å². The summed E-state index contributed by atoms with van der Waals surface area (Å²) in [6.45, 7) is 7.81. The molecule has 0 aromatic heterocycles. The van der Waals surface area contributed by atoms with Crippen LogP contribution in [-0.4, -0.2) is 48.1 Å². The zero-order valence-corrected chi connectivity index (χ0v) is 9.99. The van der Waals surface area contributed by atoms with E-state index in [0.717, 1.165) is 18.0 Å². The first-order chi connectivity index (χ1) is 7.33. The Bertz CT molecular complexity index is 221. The van der Waals surface area contributed by atoms with E-state index < -0.39 is 0 Å². The normalized spacial score (nSPS) is 35.4. The summed E-state index contributed by atoms with van der Waals surface area (Å²) in [6, 6.07) is 1.76. The van der Waals surface area contributed by atoms with Crippen LogP contribution in [0.1, 0.15) is 39.0 Å². The third kappa shape index (κ3) is 2.21. The first-order valence-corrected chi connectivity index (χ1v) is 6.81. The van der Waals surface area contributed by atoms with Crippen LogP contribution in [-0.2, 0) is 0 Å². The van der Waals surface area contributed by atoms with Gasteiger partial charge in [0, 0.05) is 38.3 Å². The molecule has 0 N–H and O–H groups in total. The van der Waals surface area contributed by atoms with E-state index >= 15 is 0 Å². The lowest BCUT2D eigenvalue weighted by atomic mass is 9.90. The van der Waals surface area contributed by atoms with E-state index in [1.54, 1.807) is 0 Å². The van der Waals surface area contributed by atoms with Crippen LogP contribution in [0, 0.1) is 5.92 Å². The van der Waals surface area contributed by atoms with Gasteiger partial charge in [-0.1, -0.05) is 6.42 Å². The average molecular weight is 208 g/mol. The Morgan fingerprint density at radius 1 is 1.07 bits per heavy atom. The van der Waals surface area contributed by atoms with E-state index in [1.807, 2.05) is 0 Å². The summed E-state index contributed by atoms with van der Waals surface area (Å²) in [7, 11) is 0. The van der Waals surface area contributed by atoms with E-state index in [1.165, 1.54) is 58.3 Å². The van der Waals surface area contributed by atoms with Crippen LogP contribution in [0.5, 0.6) is 0 Å². The van der Waals surface area contributed by atoms with Crippen molar-refractivity contribution >= 4 is 0 Å². The fourth-order valence-electron chi connectivity index (χ4n) is 3.01. The van der Waals surface area contributed by atoms with Crippen molar-refractivity contribution in [2.24, 2.45) is 5.92 Å². The summed E-state index contributed by atoms with van der Waals surface area (Å²) in [5.41, 5.74) is 0. The molecule has 1 unspecified atom stereocenters. The maximum Gasteiger partial charge on any atom is 0.0195 e. The van der Waals surface area contributed by atoms with Crippen molar-refractivity contribution in [1.82, 2.24) is 9.80 Å². The smallest absolute Gasteiger partial charge is 0.0195 e. The van der Waals surface area contributed by atoms with E-state index in [2.05, 4.69) is 16.7 Å².